The third kappa shape index (κ3) is 3.32. The molecule has 0 N–H and O–H groups in total. The van der Waals surface area contributed by atoms with Crippen LogP contribution in [0.1, 0.15) is 30.9 Å². The standard InChI is InChI=1S/C17H22N2S2/c1-3-16-12-20-17(21-16,8-10-19-11-9-18-13-19)15-6-4-14(2)5-7-15/h4-7,9,11,13,16H,3,8,10,12H2,1-2H3. The van der Waals surface area contributed by atoms with Crippen molar-refractivity contribution < 1.29 is 0 Å². The van der Waals surface area contributed by atoms with Gasteiger partial charge >= 0.3 is 0 Å². The number of nitrogens with zero attached hydrogens (tertiary/aromatic N) is 2. The predicted molar refractivity (Wildman–Crippen MR) is 93.8 cm³/mol. The van der Waals surface area contributed by atoms with Crippen LogP contribution in [-0.2, 0) is 10.6 Å². The van der Waals surface area contributed by atoms with Crippen LogP contribution < -0.4 is 0 Å². The highest BCUT2D eigenvalue weighted by Crippen LogP contribution is 2.58. The van der Waals surface area contributed by atoms with Crippen molar-refractivity contribution in [1.29, 1.82) is 0 Å². The van der Waals surface area contributed by atoms with Crippen molar-refractivity contribution in [3.05, 3.63) is 54.1 Å². The van der Waals surface area contributed by atoms with Crippen LogP contribution in [-0.4, -0.2) is 20.6 Å². The highest BCUT2D eigenvalue weighted by Gasteiger charge is 2.41. The van der Waals surface area contributed by atoms with E-state index in [2.05, 4.69) is 77.4 Å². The lowest BCUT2D eigenvalue weighted by molar-refractivity contribution is 0.614. The van der Waals surface area contributed by atoms with Crippen molar-refractivity contribution in [1.82, 2.24) is 9.55 Å². The molecule has 1 aromatic carbocycles. The van der Waals surface area contributed by atoms with E-state index < -0.39 is 0 Å². The van der Waals surface area contributed by atoms with Crippen molar-refractivity contribution in [3.8, 4) is 0 Å². The molecular formula is C17H22N2S2. The molecule has 2 heterocycles. The van der Waals surface area contributed by atoms with Gasteiger partial charge in [-0.3, -0.25) is 0 Å². The monoisotopic (exact) mass is 318 g/mol. The third-order valence-corrected chi connectivity index (χ3v) is 8.05. The Hall–Kier alpha value is -0.870. The Bertz CT molecular complexity index is 565. The van der Waals surface area contributed by atoms with Gasteiger partial charge in [-0.05, 0) is 25.3 Å². The SMILES string of the molecule is CCC1CSC(CCn2ccnc2)(c2ccc(C)cc2)S1. The molecule has 21 heavy (non-hydrogen) atoms. The lowest BCUT2D eigenvalue weighted by Crippen LogP contribution is -2.18. The second-order valence-corrected chi connectivity index (χ2v) is 8.81. The minimum atomic E-state index is 0.207. The van der Waals surface area contributed by atoms with Crippen molar-refractivity contribution >= 4 is 23.5 Å². The van der Waals surface area contributed by atoms with Crippen molar-refractivity contribution in [2.45, 2.75) is 42.6 Å². The molecule has 0 amide bonds. The average molecular weight is 319 g/mol. The number of aryl methyl sites for hydroxylation is 2. The number of rotatable bonds is 5. The first kappa shape index (κ1) is 15.0. The van der Waals surface area contributed by atoms with E-state index in [1.165, 1.54) is 23.3 Å². The van der Waals surface area contributed by atoms with E-state index in [1.54, 1.807) is 0 Å². The highest BCUT2D eigenvalue weighted by atomic mass is 32.2. The van der Waals surface area contributed by atoms with E-state index in [0.29, 0.717) is 0 Å². The fourth-order valence-electron chi connectivity index (χ4n) is 2.70. The molecule has 0 saturated carbocycles. The van der Waals surface area contributed by atoms with Crippen molar-refractivity contribution in [2.75, 3.05) is 5.75 Å². The Kier molecular flexibility index (Phi) is 4.65. The maximum Gasteiger partial charge on any atom is 0.0945 e. The molecule has 1 aliphatic rings. The van der Waals surface area contributed by atoms with E-state index in [9.17, 15) is 0 Å². The molecule has 1 saturated heterocycles. The molecular weight excluding hydrogens is 296 g/mol. The molecule has 1 aliphatic heterocycles. The molecule has 0 radical (unpaired) electrons. The second-order valence-electron chi connectivity index (χ2n) is 5.63. The Balaban J connectivity index is 1.82. The summed E-state index contributed by atoms with van der Waals surface area (Å²) in [4.78, 5) is 4.15. The number of imidazole rings is 1. The summed E-state index contributed by atoms with van der Waals surface area (Å²) in [6, 6.07) is 9.13. The Morgan fingerprint density at radius 1 is 1.33 bits per heavy atom. The van der Waals surface area contributed by atoms with Crippen molar-refractivity contribution in [3.63, 3.8) is 0 Å². The summed E-state index contributed by atoms with van der Waals surface area (Å²) in [6.07, 6.45) is 8.26. The van der Waals surface area contributed by atoms with E-state index in [-0.39, 0.29) is 4.08 Å². The van der Waals surface area contributed by atoms with Gasteiger partial charge in [-0.15, -0.1) is 23.5 Å². The van der Waals surface area contributed by atoms with Gasteiger partial charge in [-0.1, -0.05) is 36.8 Å². The Morgan fingerprint density at radius 2 is 2.14 bits per heavy atom. The molecule has 3 rings (SSSR count). The smallest absolute Gasteiger partial charge is 0.0945 e. The summed E-state index contributed by atoms with van der Waals surface area (Å²) >= 11 is 4.30. The van der Waals surface area contributed by atoms with Gasteiger partial charge in [0.05, 0.1) is 10.4 Å². The molecule has 112 valence electrons. The summed E-state index contributed by atoms with van der Waals surface area (Å²) < 4.78 is 2.40. The maximum atomic E-state index is 4.15. The molecule has 0 bridgehead atoms. The molecule has 0 aliphatic carbocycles. The van der Waals surface area contributed by atoms with Crippen LogP contribution in [0, 0.1) is 6.92 Å². The van der Waals surface area contributed by atoms with Gasteiger partial charge in [-0.2, -0.15) is 0 Å². The first-order chi connectivity index (χ1) is 10.2. The normalized spacial score (nSPS) is 25.3. The maximum absolute atomic E-state index is 4.15. The molecule has 2 aromatic rings. The van der Waals surface area contributed by atoms with Gasteiger partial charge in [0.2, 0.25) is 0 Å². The second kappa shape index (κ2) is 6.49. The predicted octanol–water partition coefficient (Wildman–Crippen LogP) is 4.69. The van der Waals surface area contributed by atoms with Crippen LogP contribution in [0.5, 0.6) is 0 Å². The number of hydrogen-bond donors (Lipinski definition) is 0. The molecule has 1 fully saturated rings. The Morgan fingerprint density at radius 3 is 2.76 bits per heavy atom. The molecule has 2 atom stereocenters. The zero-order valence-electron chi connectivity index (χ0n) is 12.7. The molecule has 4 heteroatoms. The minimum absolute atomic E-state index is 0.207. The molecule has 1 aromatic heterocycles. The topological polar surface area (TPSA) is 17.8 Å². The zero-order valence-corrected chi connectivity index (χ0v) is 14.3. The fraction of sp³-hybridized carbons (Fsp3) is 0.471. The van der Waals surface area contributed by atoms with E-state index >= 15 is 0 Å². The van der Waals surface area contributed by atoms with Crippen LogP contribution in [0.25, 0.3) is 0 Å². The highest BCUT2D eigenvalue weighted by molar-refractivity contribution is 8.21. The average Bonchev–Trinajstić information content (AvgIpc) is 3.16. The van der Waals surface area contributed by atoms with Gasteiger partial charge in [0.1, 0.15) is 0 Å². The summed E-state index contributed by atoms with van der Waals surface area (Å²) in [5.41, 5.74) is 2.81. The quantitative estimate of drug-likeness (QED) is 0.796. The van der Waals surface area contributed by atoms with Gasteiger partial charge in [0, 0.05) is 29.9 Å². The number of aromatic nitrogens is 2. The van der Waals surface area contributed by atoms with Crippen LogP contribution in [0.3, 0.4) is 0 Å². The van der Waals surface area contributed by atoms with Gasteiger partial charge in [0.25, 0.3) is 0 Å². The van der Waals surface area contributed by atoms with E-state index in [4.69, 9.17) is 0 Å². The Labute approximate surface area is 135 Å². The van der Waals surface area contributed by atoms with Crippen LogP contribution in [0.15, 0.2) is 43.0 Å². The zero-order chi connectivity index (χ0) is 14.7. The lowest BCUT2D eigenvalue weighted by Gasteiger charge is -2.29. The van der Waals surface area contributed by atoms with E-state index in [1.807, 2.05) is 12.5 Å². The first-order valence-electron chi connectivity index (χ1n) is 7.56. The minimum Gasteiger partial charge on any atom is -0.337 e. The van der Waals surface area contributed by atoms with Gasteiger partial charge in [0.15, 0.2) is 0 Å². The van der Waals surface area contributed by atoms with Crippen LogP contribution >= 0.6 is 23.5 Å². The number of thioether (sulfide) groups is 2. The van der Waals surface area contributed by atoms with Crippen molar-refractivity contribution in [2.24, 2.45) is 0 Å². The van der Waals surface area contributed by atoms with Gasteiger partial charge < -0.3 is 4.57 Å². The van der Waals surface area contributed by atoms with Crippen LogP contribution in [0.2, 0.25) is 0 Å². The summed E-state index contributed by atoms with van der Waals surface area (Å²) in [7, 11) is 0. The van der Waals surface area contributed by atoms with Crippen LogP contribution in [0.4, 0.5) is 0 Å². The number of hydrogen-bond acceptors (Lipinski definition) is 3. The summed E-state index contributed by atoms with van der Waals surface area (Å²) in [6.45, 7) is 5.50. The largest absolute Gasteiger partial charge is 0.337 e. The summed E-state index contributed by atoms with van der Waals surface area (Å²) in [5.74, 6) is 1.26. The fourth-order valence-corrected chi connectivity index (χ4v) is 6.47. The molecule has 2 nitrogen and oxygen atoms in total. The number of benzene rings is 1. The van der Waals surface area contributed by atoms with Gasteiger partial charge in [-0.25, -0.2) is 4.98 Å². The molecule has 2 unspecified atom stereocenters. The lowest BCUT2D eigenvalue weighted by atomic mass is 10.1. The first-order valence-corrected chi connectivity index (χ1v) is 9.43. The summed E-state index contributed by atoms with van der Waals surface area (Å²) in [5, 5.41) is 0.777. The molecule has 0 spiro atoms. The third-order valence-electron chi connectivity index (χ3n) is 4.06. The van der Waals surface area contributed by atoms with E-state index in [0.717, 1.165) is 18.2 Å².